The first-order valence-electron chi connectivity index (χ1n) is 9.13. The zero-order valence-electron chi connectivity index (χ0n) is 15.1. The van der Waals surface area contributed by atoms with E-state index in [2.05, 4.69) is 19.9 Å². The second kappa shape index (κ2) is 7.33. The highest BCUT2D eigenvalue weighted by Gasteiger charge is 2.28. The minimum atomic E-state index is -3.83. The van der Waals surface area contributed by atoms with Crippen LogP contribution in [0, 0.1) is 0 Å². The zero-order valence-corrected chi connectivity index (χ0v) is 16.0. The minimum absolute atomic E-state index is 0.0542. The van der Waals surface area contributed by atoms with E-state index < -0.39 is 21.8 Å². The first kappa shape index (κ1) is 18.6. The Labute approximate surface area is 163 Å². The molecule has 0 aliphatic carbocycles. The molecular weight excluding hydrogens is 380 g/mol. The number of carbonyl (C=O) groups excluding carboxylic acids is 2. The molecule has 2 aliphatic rings. The number of sulfonamides is 1. The minimum Gasteiger partial charge on any atom is -0.357 e. The van der Waals surface area contributed by atoms with Crippen LogP contribution in [0.2, 0.25) is 0 Å². The molecule has 2 amide bonds. The topological polar surface area (TPSA) is 108 Å². The maximum Gasteiger partial charge on any atom is 0.258 e. The van der Waals surface area contributed by atoms with Crippen LogP contribution in [-0.4, -0.2) is 38.3 Å². The van der Waals surface area contributed by atoms with Crippen molar-refractivity contribution in [2.75, 3.05) is 18.0 Å². The molecule has 2 aliphatic heterocycles. The summed E-state index contributed by atoms with van der Waals surface area (Å²) in [7, 11) is -3.83. The fourth-order valence-electron chi connectivity index (χ4n) is 3.44. The third-order valence-corrected chi connectivity index (χ3v) is 6.37. The molecule has 0 unspecified atom stereocenters. The van der Waals surface area contributed by atoms with Gasteiger partial charge in [0.05, 0.1) is 16.0 Å². The molecule has 1 saturated heterocycles. The number of carbonyl (C=O) groups is 2. The lowest BCUT2D eigenvalue weighted by Gasteiger charge is -2.27. The van der Waals surface area contributed by atoms with Gasteiger partial charge < -0.3 is 4.90 Å². The molecule has 0 spiro atoms. The van der Waals surface area contributed by atoms with Crippen molar-refractivity contribution >= 4 is 27.7 Å². The van der Waals surface area contributed by atoms with E-state index in [9.17, 15) is 18.0 Å². The standard InChI is InChI=1S/C19H20N4O4S/c24-18-15-5-4-14(11-16(15)19(25)22-18)28(26,27)21-12-13-6-7-20-17(10-13)23-8-2-1-3-9-23/h4-7,10-11,21H,1-3,8-9,12H2,(H,22,24,25). The zero-order chi connectivity index (χ0) is 19.7. The second-order valence-corrected chi connectivity index (χ2v) is 8.65. The van der Waals surface area contributed by atoms with Gasteiger partial charge in [0.2, 0.25) is 10.0 Å². The summed E-state index contributed by atoms with van der Waals surface area (Å²) in [6.45, 7) is 2.02. The SMILES string of the molecule is O=C1NC(=O)c2cc(S(=O)(=O)NCc3ccnc(N4CCCCC4)c3)ccc21. The molecule has 2 aromatic rings. The number of aromatic nitrogens is 1. The fourth-order valence-corrected chi connectivity index (χ4v) is 4.49. The van der Waals surface area contributed by atoms with Gasteiger partial charge in [-0.05, 0) is 55.2 Å². The number of rotatable bonds is 5. The number of hydrogen-bond acceptors (Lipinski definition) is 6. The number of anilines is 1. The Morgan fingerprint density at radius 3 is 2.54 bits per heavy atom. The van der Waals surface area contributed by atoms with E-state index in [1.807, 2.05) is 6.07 Å². The van der Waals surface area contributed by atoms with E-state index in [1.165, 1.54) is 24.6 Å². The molecule has 9 heteroatoms. The van der Waals surface area contributed by atoms with Gasteiger partial charge in [-0.2, -0.15) is 0 Å². The molecule has 1 aromatic carbocycles. The molecule has 8 nitrogen and oxygen atoms in total. The van der Waals surface area contributed by atoms with E-state index in [0.717, 1.165) is 37.3 Å². The molecule has 4 rings (SSSR count). The number of amides is 2. The average Bonchev–Trinajstić information content (AvgIpc) is 3.01. The number of fused-ring (bicyclic) bond motifs is 1. The van der Waals surface area contributed by atoms with Crippen LogP contribution in [0.3, 0.4) is 0 Å². The second-order valence-electron chi connectivity index (χ2n) is 6.89. The molecule has 0 atom stereocenters. The highest BCUT2D eigenvalue weighted by Crippen LogP contribution is 2.21. The summed E-state index contributed by atoms with van der Waals surface area (Å²) in [5, 5.41) is 2.15. The van der Waals surface area contributed by atoms with Crippen molar-refractivity contribution in [2.45, 2.75) is 30.7 Å². The van der Waals surface area contributed by atoms with Gasteiger partial charge in [-0.15, -0.1) is 0 Å². The van der Waals surface area contributed by atoms with Crippen molar-refractivity contribution < 1.29 is 18.0 Å². The Balaban J connectivity index is 1.49. The van der Waals surface area contributed by atoms with E-state index in [-0.39, 0.29) is 22.6 Å². The smallest absolute Gasteiger partial charge is 0.258 e. The van der Waals surface area contributed by atoms with Crippen LogP contribution < -0.4 is 14.9 Å². The van der Waals surface area contributed by atoms with Crippen LogP contribution in [0.1, 0.15) is 45.5 Å². The predicted molar refractivity (Wildman–Crippen MR) is 103 cm³/mol. The van der Waals surface area contributed by atoms with Gasteiger partial charge in [0.1, 0.15) is 5.82 Å². The molecule has 2 N–H and O–H groups in total. The lowest BCUT2D eigenvalue weighted by Crippen LogP contribution is -2.30. The molecule has 28 heavy (non-hydrogen) atoms. The fraction of sp³-hybridized carbons (Fsp3) is 0.316. The predicted octanol–water partition coefficient (Wildman–Crippen LogP) is 1.43. The van der Waals surface area contributed by atoms with Gasteiger partial charge in [0.25, 0.3) is 11.8 Å². The van der Waals surface area contributed by atoms with Crippen molar-refractivity contribution in [3.05, 3.63) is 53.2 Å². The van der Waals surface area contributed by atoms with E-state index in [0.29, 0.717) is 0 Å². The molecule has 146 valence electrons. The lowest BCUT2D eigenvalue weighted by atomic mass is 10.1. The first-order chi connectivity index (χ1) is 13.4. The molecule has 3 heterocycles. The van der Waals surface area contributed by atoms with E-state index in [1.54, 1.807) is 12.3 Å². The van der Waals surface area contributed by atoms with Gasteiger partial charge in [0.15, 0.2) is 0 Å². The number of pyridine rings is 1. The largest absolute Gasteiger partial charge is 0.357 e. The summed E-state index contributed by atoms with van der Waals surface area (Å²) in [6, 6.07) is 7.56. The normalized spacial score (nSPS) is 16.8. The van der Waals surface area contributed by atoms with Gasteiger partial charge in [0, 0.05) is 25.8 Å². The summed E-state index contributed by atoms with van der Waals surface area (Å²) in [5.41, 5.74) is 1.06. The third kappa shape index (κ3) is 3.63. The lowest BCUT2D eigenvalue weighted by molar-refractivity contribution is 0.0879. The van der Waals surface area contributed by atoms with Crippen molar-refractivity contribution in [3.63, 3.8) is 0 Å². The van der Waals surface area contributed by atoms with Crippen molar-refractivity contribution in [1.29, 1.82) is 0 Å². The number of nitrogens with zero attached hydrogens (tertiary/aromatic N) is 2. The quantitative estimate of drug-likeness (QED) is 0.735. The Kier molecular flexibility index (Phi) is 4.86. The molecule has 1 aromatic heterocycles. The summed E-state index contributed by atoms with van der Waals surface area (Å²) in [4.78, 5) is 29.9. The van der Waals surface area contributed by atoms with Crippen LogP contribution in [-0.2, 0) is 16.6 Å². The number of nitrogens with one attached hydrogen (secondary N) is 2. The maximum absolute atomic E-state index is 12.6. The molecular formula is C19H20N4O4S. The number of hydrogen-bond donors (Lipinski definition) is 2. The van der Waals surface area contributed by atoms with Crippen LogP contribution in [0.15, 0.2) is 41.4 Å². The Morgan fingerprint density at radius 2 is 1.75 bits per heavy atom. The summed E-state index contributed by atoms with van der Waals surface area (Å²) in [5.74, 6) is -0.250. The monoisotopic (exact) mass is 400 g/mol. The van der Waals surface area contributed by atoms with Crippen molar-refractivity contribution in [2.24, 2.45) is 0 Å². The van der Waals surface area contributed by atoms with Gasteiger partial charge >= 0.3 is 0 Å². The summed E-state index contributed by atoms with van der Waals surface area (Å²) >= 11 is 0. The maximum atomic E-state index is 12.6. The average molecular weight is 400 g/mol. The van der Waals surface area contributed by atoms with Crippen LogP contribution in [0.5, 0.6) is 0 Å². The molecule has 1 fully saturated rings. The Morgan fingerprint density at radius 1 is 1.00 bits per heavy atom. The first-order valence-corrected chi connectivity index (χ1v) is 10.6. The number of benzene rings is 1. The summed E-state index contributed by atoms with van der Waals surface area (Å²) < 4.78 is 27.8. The highest BCUT2D eigenvalue weighted by molar-refractivity contribution is 7.89. The van der Waals surface area contributed by atoms with Gasteiger partial charge in [-0.25, -0.2) is 18.1 Å². The van der Waals surface area contributed by atoms with Crippen LogP contribution in [0.25, 0.3) is 0 Å². The molecule has 0 bridgehead atoms. The van der Waals surface area contributed by atoms with E-state index >= 15 is 0 Å². The van der Waals surface area contributed by atoms with Crippen molar-refractivity contribution in [1.82, 2.24) is 15.0 Å². The molecule has 0 radical (unpaired) electrons. The van der Waals surface area contributed by atoms with Gasteiger partial charge in [-0.3, -0.25) is 14.9 Å². The highest BCUT2D eigenvalue weighted by atomic mass is 32.2. The third-order valence-electron chi connectivity index (χ3n) is 4.97. The van der Waals surface area contributed by atoms with Crippen molar-refractivity contribution in [3.8, 4) is 0 Å². The number of piperidine rings is 1. The number of imide groups is 1. The Bertz CT molecular complexity index is 1050. The van der Waals surface area contributed by atoms with Crippen LogP contribution in [0.4, 0.5) is 5.82 Å². The van der Waals surface area contributed by atoms with Gasteiger partial charge in [-0.1, -0.05) is 0 Å². The van der Waals surface area contributed by atoms with Crippen LogP contribution >= 0.6 is 0 Å². The summed E-state index contributed by atoms with van der Waals surface area (Å²) in [6.07, 6.45) is 5.17. The molecule has 0 saturated carbocycles. The van der Waals surface area contributed by atoms with E-state index in [4.69, 9.17) is 0 Å². The Hall–Kier alpha value is -2.78.